The molecule has 0 spiro atoms. The lowest BCUT2D eigenvalue weighted by atomic mass is 10.1. The number of nitrogens with zero attached hydrogens (tertiary/aromatic N) is 3. The Morgan fingerprint density at radius 3 is 2.68 bits per heavy atom. The average molecular weight is 441 g/mol. The molecule has 31 heavy (non-hydrogen) atoms. The molecule has 0 aliphatic carbocycles. The van der Waals surface area contributed by atoms with Crippen molar-refractivity contribution < 1.29 is 17.9 Å². The molecule has 0 radical (unpaired) electrons. The minimum atomic E-state index is -3.69. The summed E-state index contributed by atoms with van der Waals surface area (Å²) >= 11 is 0. The van der Waals surface area contributed by atoms with E-state index >= 15 is 0 Å². The van der Waals surface area contributed by atoms with Crippen LogP contribution < -0.4 is 5.32 Å². The quantitative estimate of drug-likeness (QED) is 0.634. The van der Waals surface area contributed by atoms with Gasteiger partial charge >= 0.3 is 0 Å². The van der Waals surface area contributed by atoms with Crippen LogP contribution in [-0.2, 0) is 21.3 Å². The zero-order valence-electron chi connectivity index (χ0n) is 17.2. The molecule has 1 N–H and O–H groups in total. The number of benzene rings is 2. The molecule has 2 aromatic carbocycles. The summed E-state index contributed by atoms with van der Waals surface area (Å²) in [5, 5.41) is 2.89. The van der Waals surface area contributed by atoms with Crippen LogP contribution in [0.2, 0.25) is 0 Å². The molecule has 1 fully saturated rings. The molecule has 0 atom stereocenters. The number of carbonyl (C=O) groups excluding carboxylic acids is 1. The van der Waals surface area contributed by atoms with E-state index < -0.39 is 10.0 Å². The SMILES string of the molecule is Cc1ccc(C(=O)NCc2ccccc2-n2ccnc2)cc1S(=O)(=O)N1CCOCC1. The Balaban J connectivity index is 1.53. The van der Waals surface area contributed by atoms with Gasteiger partial charge in [0.15, 0.2) is 0 Å². The number of aryl methyl sites for hydroxylation is 1. The maximum absolute atomic E-state index is 13.1. The number of amides is 1. The van der Waals surface area contributed by atoms with Crippen LogP contribution in [0.25, 0.3) is 5.69 Å². The lowest BCUT2D eigenvalue weighted by Crippen LogP contribution is -2.41. The van der Waals surface area contributed by atoms with E-state index in [1.54, 1.807) is 31.6 Å². The largest absolute Gasteiger partial charge is 0.379 e. The molecule has 0 bridgehead atoms. The molecule has 4 rings (SSSR count). The van der Waals surface area contributed by atoms with Crippen molar-refractivity contribution in [2.24, 2.45) is 0 Å². The summed E-state index contributed by atoms with van der Waals surface area (Å²) in [4.78, 5) is 17.0. The van der Waals surface area contributed by atoms with Crippen LogP contribution in [0.15, 0.2) is 66.1 Å². The maximum Gasteiger partial charge on any atom is 0.251 e. The smallest absolute Gasteiger partial charge is 0.251 e. The first kappa shape index (κ1) is 21.2. The highest BCUT2D eigenvalue weighted by Gasteiger charge is 2.28. The van der Waals surface area contributed by atoms with Crippen molar-refractivity contribution in [1.82, 2.24) is 19.2 Å². The monoisotopic (exact) mass is 440 g/mol. The fraction of sp³-hybridized carbons (Fsp3) is 0.273. The van der Waals surface area contributed by atoms with Crippen LogP contribution in [0.3, 0.4) is 0 Å². The standard InChI is InChI=1S/C22H24N4O4S/c1-17-6-7-18(14-21(17)31(28,29)26-10-12-30-13-11-26)22(27)24-15-19-4-2-3-5-20(19)25-9-8-23-16-25/h2-9,14,16H,10-13,15H2,1H3,(H,24,27). The van der Waals surface area contributed by atoms with Gasteiger partial charge < -0.3 is 14.6 Å². The highest BCUT2D eigenvalue weighted by Crippen LogP contribution is 2.22. The van der Waals surface area contributed by atoms with Crippen molar-refractivity contribution in [2.75, 3.05) is 26.3 Å². The van der Waals surface area contributed by atoms with Crippen LogP contribution in [0, 0.1) is 6.92 Å². The van der Waals surface area contributed by atoms with Crippen molar-refractivity contribution in [3.05, 3.63) is 77.9 Å². The molecular formula is C22H24N4O4S. The van der Waals surface area contributed by atoms with Crippen LogP contribution in [0.5, 0.6) is 0 Å². The molecule has 0 saturated carbocycles. The van der Waals surface area contributed by atoms with Gasteiger partial charge in [-0.3, -0.25) is 4.79 Å². The Kier molecular flexibility index (Phi) is 6.17. The first-order chi connectivity index (χ1) is 15.0. The van der Waals surface area contributed by atoms with Gasteiger partial charge in [0.05, 0.1) is 30.1 Å². The van der Waals surface area contributed by atoms with E-state index in [4.69, 9.17) is 4.74 Å². The summed E-state index contributed by atoms with van der Waals surface area (Å²) in [6.45, 7) is 3.39. The van der Waals surface area contributed by atoms with Crippen LogP contribution in [0.1, 0.15) is 21.5 Å². The molecule has 162 valence electrons. The number of hydrogen-bond donors (Lipinski definition) is 1. The Morgan fingerprint density at radius 1 is 1.16 bits per heavy atom. The normalized spacial score (nSPS) is 15.0. The third-order valence-electron chi connectivity index (χ3n) is 5.25. The van der Waals surface area contributed by atoms with Crippen molar-refractivity contribution >= 4 is 15.9 Å². The number of imidazole rings is 1. The molecular weight excluding hydrogens is 416 g/mol. The summed E-state index contributed by atoms with van der Waals surface area (Å²) in [7, 11) is -3.69. The fourth-order valence-electron chi connectivity index (χ4n) is 3.54. The minimum absolute atomic E-state index is 0.154. The van der Waals surface area contributed by atoms with Gasteiger partial charge in [-0.15, -0.1) is 0 Å². The molecule has 1 aromatic heterocycles. The lowest BCUT2D eigenvalue weighted by molar-refractivity contribution is 0.0730. The Morgan fingerprint density at radius 2 is 1.94 bits per heavy atom. The fourth-order valence-corrected chi connectivity index (χ4v) is 5.20. The number of sulfonamides is 1. The van der Waals surface area contributed by atoms with Crippen LogP contribution in [0.4, 0.5) is 0 Å². The molecule has 0 unspecified atom stereocenters. The highest BCUT2D eigenvalue weighted by molar-refractivity contribution is 7.89. The third kappa shape index (κ3) is 4.53. The van der Waals surface area contributed by atoms with Gasteiger partial charge in [-0.1, -0.05) is 24.3 Å². The van der Waals surface area contributed by atoms with Gasteiger partial charge in [-0.25, -0.2) is 13.4 Å². The van der Waals surface area contributed by atoms with Gasteiger partial charge in [-0.05, 0) is 36.2 Å². The molecule has 9 heteroatoms. The Bertz CT molecular complexity index is 1170. The van der Waals surface area contributed by atoms with Gasteiger partial charge in [0, 0.05) is 37.6 Å². The maximum atomic E-state index is 13.1. The summed E-state index contributed by atoms with van der Waals surface area (Å²) in [6, 6.07) is 12.5. The van der Waals surface area contributed by atoms with E-state index in [0.29, 0.717) is 44.0 Å². The molecule has 8 nitrogen and oxygen atoms in total. The van der Waals surface area contributed by atoms with E-state index in [1.165, 1.54) is 10.4 Å². The Labute approximate surface area is 181 Å². The summed E-state index contributed by atoms with van der Waals surface area (Å²) < 4.78 is 34.7. The number of para-hydroxylation sites is 1. The van der Waals surface area contributed by atoms with Crippen molar-refractivity contribution in [2.45, 2.75) is 18.4 Å². The molecule has 1 amide bonds. The third-order valence-corrected chi connectivity index (χ3v) is 7.29. The van der Waals surface area contributed by atoms with Gasteiger partial charge in [0.1, 0.15) is 0 Å². The van der Waals surface area contributed by atoms with E-state index in [-0.39, 0.29) is 10.8 Å². The topological polar surface area (TPSA) is 93.5 Å². The van der Waals surface area contributed by atoms with Crippen LogP contribution >= 0.6 is 0 Å². The number of carbonyl (C=O) groups is 1. The second-order valence-corrected chi connectivity index (χ2v) is 9.18. The number of aromatic nitrogens is 2. The number of morpholine rings is 1. The molecule has 2 heterocycles. The molecule has 3 aromatic rings. The van der Waals surface area contributed by atoms with Crippen LogP contribution in [-0.4, -0.2) is 54.5 Å². The predicted molar refractivity (Wildman–Crippen MR) is 115 cm³/mol. The average Bonchev–Trinajstić information content (AvgIpc) is 3.33. The number of ether oxygens (including phenoxy) is 1. The second kappa shape index (κ2) is 9.01. The van der Waals surface area contributed by atoms with E-state index in [1.807, 2.05) is 35.0 Å². The summed E-state index contributed by atoms with van der Waals surface area (Å²) in [6.07, 6.45) is 5.23. The van der Waals surface area contributed by atoms with Gasteiger partial charge in [0.25, 0.3) is 5.91 Å². The molecule has 1 aliphatic heterocycles. The van der Waals surface area contributed by atoms with Crippen molar-refractivity contribution in [3.63, 3.8) is 0 Å². The first-order valence-electron chi connectivity index (χ1n) is 10.00. The van der Waals surface area contributed by atoms with Crippen molar-refractivity contribution in [1.29, 1.82) is 0 Å². The minimum Gasteiger partial charge on any atom is -0.379 e. The highest BCUT2D eigenvalue weighted by atomic mass is 32.2. The number of hydrogen-bond acceptors (Lipinski definition) is 5. The summed E-state index contributed by atoms with van der Waals surface area (Å²) in [5.74, 6) is -0.334. The predicted octanol–water partition coefficient (Wildman–Crippen LogP) is 2.13. The zero-order chi connectivity index (χ0) is 21.8. The lowest BCUT2D eigenvalue weighted by Gasteiger charge is -2.26. The van der Waals surface area contributed by atoms with E-state index in [2.05, 4.69) is 10.3 Å². The van der Waals surface area contributed by atoms with E-state index in [0.717, 1.165) is 11.3 Å². The second-order valence-electron chi connectivity index (χ2n) is 7.28. The van der Waals surface area contributed by atoms with E-state index in [9.17, 15) is 13.2 Å². The number of rotatable bonds is 6. The molecule has 1 aliphatic rings. The van der Waals surface area contributed by atoms with Gasteiger partial charge in [-0.2, -0.15) is 4.31 Å². The first-order valence-corrected chi connectivity index (χ1v) is 11.4. The Hall–Kier alpha value is -3.01. The number of nitrogens with one attached hydrogen (secondary N) is 1. The zero-order valence-corrected chi connectivity index (χ0v) is 18.0. The summed E-state index contributed by atoms with van der Waals surface area (Å²) in [5.41, 5.74) is 2.74. The van der Waals surface area contributed by atoms with Gasteiger partial charge in [0.2, 0.25) is 10.0 Å². The van der Waals surface area contributed by atoms with Crippen molar-refractivity contribution in [3.8, 4) is 5.69 Å². The molecule has 1 saturated heterocycles.